The first-order valence-electron chi connectivity index (χ1n) is 3.77. The van der Waals surface area contributed by atoms with Gasteiger partial charge in [-0.05, 0) is 30.2 Å². The van der Waals surface area contributed by atoms with E-state index in [4.69, 9.17) is 22.4 Å². The fourth-order valence-electron chi connectivity index (χ4n) is 1.15. The second kappa shape index (κ2) is 5.45. The molecule has 0 saturated heterocycles. The van der Waals surface area contributed by atoms with Crippen LogP contribution in [-0.2, 0) is 0 Å². The molecule has 0 amide bonds. The number of benzene rings is 1. The molecule has 0 aliphatic carbocycles. The molecule has 0 spiro atoms. The summed E-state index contributed by atoms with van der Waals surface area (Å²) in [5, 5.41) is 9.52. The Hall–Kier alpha value is -0.280. The van der Waals surface area contributed by atoms with E-state index in [9.17, 15) is 0 Å². The molecule has 0 aliphatic rings. The van der Waals surface area contributed by atoms with Crippen molar-refractivity contribution >= 4 is 24.0 Å². The molecule has 0 aliphatic heterocycles. The third-order valence-corrected chi connectivity index (χ3v) is 2.06. The molecule has 4 heteroatoms. The van der Waals surface area contributed by atoms with Gasteiger partial charge in [-0.15, -0.1) is 12.4 Å². The summed E-state index contributed by atoms with van der Waals surface area (Å²) in [5.74, 6) is 0. The van der Waals surface area contributed by atoms with Crippen molar-refractivity contribution < 1.29 is 5.11 Å². The van der Waals surface area contributed by atoms with Crippen LogP contribution in [0.1, 0.15) is 17.2 Å². The van der Waals surface area contributed by atoms with Gasteiger partial charge < -0.3 is 10.8 Å². The maximum Gasteiger partial charge on any atom is 0.0624 e. The minimum absolute atomic E-state index is 0. The summed E-state index contributed by atoms with van der Waals surface area (Å²) in [4.78, 5) is 0. The lowest BCUT2D eigenvalue weighted by Gasteiger charge is -2.11. The summed E-state index contributed by atoms with van der Waals surface area (Å²) in [6.45, 7) is 1.89. The number of aliphatic hydroxyl groups is 1. The number of aryl methyl sites for hydroxylation is 1. The summed E-state index contributed by atoms with van der Waals surface area (Å²) in [7, 11) is 0. The molecule has 1 atom stereocenters. The van der Waals surface area contributed by atoms with Crippen molar-refractivity contribution in [2.45, 2.75) is 13.0 Å². The number of hydrogen-bond acceptors (Lipinski definition) is 2. The maximum absolute atomic E-state index is 8.82. The zero-order valence-electron chi connectivity index (χ0n) is 7.33. The van der Waals surface area contributed by atoms with Crippen LogP contribution in [-0.4, -0.2) is 11.7 Å². The molecule has 0 bridgehead atoms. The second-order valence-corrected chi connectivity index (χ2v) is 3.23. The molecule has 1 aromatic rings. The molecule has 2 nitrogen and oxygen atoms in total. The van der Waals surface area contributed by atoms with E-state index in [0.717, 1.165) is 11.1 Å². The quantitative estimate of drug-likeness (QED) is 0.804. The topological polar surface area (TPSA) is 46.2 Å². The second-order valence-electron chi connectivity index (χ2n) is 2.79. The van der Waals surface area contributed by atoms with E-state index in [-0.39, 0.29) is 25.1 Å². The van der Waals surface area contributed by atoms with E-state index in [1.807, 2.05) is 19.1 Å². The molecule has 0 heterocycles. The maximum atomic E-state index is 8.82. The van der Waals surface area contributed by atoms with Gasteiger partial charge in [0.05, 0.1) is 12.6 Å². The van der Waals surface area contributed by atoms with Crippen LogP contribution in [0.5, 0.6) is 0 Å². The molecular formula is C9H13Cl2NO. The average molecular weight is 222 g/mol. The minimum atomic E-state index is -0.303. The fourth-order valence-corrected chi connectivity index (χ4v) is 1.38. The third-order valence-electron chi connectivity index (χ3n) is 1.83. The summed E-state index contributed by atoms with van der Waals surface area (Å²) >= 11 is 5.76. The van der Waals surface area contributed by atoms with Crippen LogP contribution in [0.25, 0.3) is 0 Å². The van der Waals surface area contributed by atoms with E-state index in [2.05, 4.69) is 0 Å². The summed E-state index contributed by atoms with van der Waals surface area (Å²) in [6, 6.07) is 5.16. The summed E-state index contributed by atoms with van der Waals surface area (Å²) in [6.07, 6.45) is 0. The van der Waals surface area contributed by atoms with Gasteiger partial charge in [-0.2, -0.15) is 0 Å². The predicted octanol–water partition coefficient (Wildman–Crippen LogP) is 2.06. The number of rotatable bonds is 2. The number of halogens is 2. The molecular weight excluding hydrogens is 209 g/mol. The molecule has 0 aromatic heterocycles. The molecule has 13 heavy (non-hydrogen) atoms. The average Bonchev–Trinajstić information content (AvgIpc) is 2.03. The molecule has 74 valence electrons. The van der Waals surface area contributed by atoms with Crippen molar-refractivity contribution in [1.82, 2.24) is 0 Å². The Kier molecular flexibility index (Phi) is 5.33. The summed E-state index contributed by atoms with van der Waals surface area (Å²) in [5.41, 5.74) is 7.62. The van der Waals surface area contributed by atoms with Gasteiger partial charge >= 0.3 is 0 Å². The van der Waals surface area contributed by atoms with E-state index < -0.39 is 0 Å². The van der Waals surface area contributed by atoms with Crippen molar-refractivity contribution in [3.63, 3.8) is 0 Å². The monoisotopic (exact) mass is 221 g/mol. The number of hydrogen-bond donors (Lipinski definition) is 2. The Morgan fingerprint density at radius 3 is 2.62 bits per heavy atom. The molecule has 1 rings (SSSR count). The molecule has 0 fully saturated rings. The van der Waals surface area contributed by atoms with Gasteiger partial charge in [0.25, 0.3) is 0 Å². The van der Waals surface area contributed by atoms with Crippen LogP contribution in [0, 0.1) is 6.92 Å². The Labute approximate surface area is 89.1 Å². The lowest BCUT2D eigenvalue weighted by molar-refractivity contribution is 0.267. The van der Waals surface area contributed by atoms with Gasteiger partial charge in [0, 0.05) is 5.02 Å². The van der Waals surface area contributed by atoms with Crippen LogP contribution in [0.2, 0.25) is 5.02 Å². The lowest BCUT2D eigenvalue weighted by atomic mass is 10.0. The third kappa shape index (κ3) is 3.16. The van der Waals surface area contributed by atoms with E-state index in [1.165, 1.54) is 0 Å². The van der Waals surface area contributed by atoms with Gasteiger partial charge in [-0.3, -0.25) is 0 Å². The van der Waals surface area contributed by atoms with Gasteiger partial charge in [-0.25, -0.2) is 0 Å². The largest absolute Gasteiger partial charge is 0.394 e. The zero-order valence-corrected chi connectivity index (χ0v) is 8.90. The van der Waals surface area contributed by atoms with Gasteiger partial charge in [0.15, 0.2) is 0 Å². The highest BCUT2D eigenvalue weighted by molar-refractivity contribution is 6.30. The van der Waals surface area contributed by atoms with Crippen LogP contribution in [0.15, 0.2) is 18.2 Å². The molecule has 0 saturated carbocycles. The first-order chi connectivity index (χ1) is 5.65. The van der Waals surface area contributed by atoms with Crippen molar-refractivity contribution in [2.24, 2.45) is 5.73 Å². The van der Waals surface area contributed by atoms with Crippen molar-refractivity contribution in [1.29, 1.82) is 0 Å². The molecule has 0 radical (unpaired) electrons. The van der Waals surface area contributed by atoms with Crippen molar-refractivity contribution in [2.75, 3.05) is 6.61 Å². The molecule has 0 unspecified atom stereocenters. The zero-order chi connectivity index (χ0) is 9.14. The minimum Gasteiger partial charge on any atom is -0.394 e. The van der Waals surface area contributed by atoms with Gasteiger partial charge in [-0.1, -0.05) is 17.7 Å². The number of aliphatic hydroxyl groups excluding tert-OH is 1. The standard InChI is InChI=1S/C9H12ClNO.ClH/c1-6-4-7(10)2-3-8(6)9(11)5-12;/h2-4,9,12H,5,11H2,1H3;1H/t9-;/m0./s1. The van der Waals surface area contributed by atoms with Crippen LogP contribution >= 0.6 is 24.0 Å². The normalized spacial score (nSPS) is 12.0. The SMILES string of the molecule is Cc1cc(Cl)ccc1[C@@H](N)CO.Cl. The number of nitrogens with two attached hydrogens (primary N) is 1. The lowest BCUT2D eigenvalue weighted by Crippen LogP contribution is -2.15. The highest BCUT2D eigenvalue weighted by Gasteiger charge is 2.06. The smallest absolute Gasteiger partial charge is 0.0624 e. The van der Waals surface area contributed by atoms with E-state index >= 15 is 0 Å². The van der Waals surface area contributed by atoms with Crippen molar-refractivity contribution in [3.05, 3.63) is 34.3 Å². The highest BCUT2D eigenvalue weighted by atomic mass is 35.5. The van der Waals surface area contributed by atoms with Crippen LogP contribution < -0.4 is 5.73 Å². The van der Waals surface area contributed by atoms with Gasteiger partial charge in [0.1, 0.15) is 0 Å². The Bertz CT molecular complexity index is 278. The van der Waals surface area contributed by atoms with Crippen molar-refractivity contribution in [3.8, 4) is 0 Å². The first-order valence-corrected chi connectivity index (χ1v) is 4.15. The van der Waals surface area contributed by atoms with E-state index in [0.29, 0.717) is 5.02 Å². The van der Waals surface area contributed by atoms with Crippen LogP contribution in [0.3, 0.4) is 0 Å². The van der Waals surface area contributed by atoms with Crippen LogP contribution in [0.4, 0.5) is 0 Å². The highest BCUT2D eigenvalue weighted by Crippen LogP contribution is 2.19. The van der Waals surface area contributed by atoms with Gasteiger partial charge in [0.2, 0.25) is 0 Å². The molecule has 3 N–H and O–H groups in total. The Morgan fingerprint density at radius 2 is 2.15 bits per heavy atom. The molecule has 1 aromatic carbocycles. The Balaban J connectivity index is 0.00000144. The van der Waals surface area contributed by atoms with E-state index in [1.54, 1.807) is 6.07 Å². The predicted molar refractivity (Wildman–Crippen MR) is 57.5 cm³/mol. The summed E-state index contributed by atoms with van der Waals surface area (Å²) < 4.78 is 0. The Morgan fingerprint density at radius 1 is 1.54 bits per heavy atom. The first kappa shape index (κ1) is 12.7. The fraction of sp³-hybridized carbons (Fsp3) is 0.333.